The van der Waals surface area contributed by atoms with E-state index in [1.807, 2.05) is 6.07 Å². The third-order valence-electron chi connectivity index (χ3n) is 5.37. The van der Waals surface area contributed by atoms with Crippen molar-refractivity contribution >= 4 is 33.1 Å². The van der Waals surface area contributed by atoms with Crippen molar-refractivity contribution in [2.45, 2.75) is 38.6 Å². The van der Waals surface area contributed by atoms with Crippen molar-refractivity contribution in [3.63, 3.8) is 0 Å². The standard InChI is InChI=1S/C22H28FN5O2S/c1-5-6-7-15-8-11-19(25-13-15)20(29)26-16-9-10-18(23)17(12-16)22(2)14-31(4,30)28(3)21(24)27-22/h8-13H,4-7,14H2,1-3H3,(H2,24,27)(H,26,29)/t22-,31?/m0/s1. The Morgan fingerprint density at radius 1 is 1.39 bits per heavy atom. The molecule has 166 valence electrons. The van der Waals surface area contributed by atoms with Crippen LogP contribution >= 0.6 is 0 Å². The molecule has 0 aliphatic carbocycles. The molecule has 1 aliphatic heterocycles. The van der Waals surface area contributed by atoms with Crippen molar-refractivity contribution in [3.8, 4) is 0 Å². The number of amides is 1. The summed E-state index contributed by atoms with van der Waals surface area (Å²) in [6, 6.07) is 7.74. The Labute approximate surface area is 182 Å². The van der Waals surface area contributed by atoms with Crippen molar-refractivity contribution in [1.29, 1.82) is 0 Å². The second-order valence-corrected chi connectivity index (χ2v) is 10.3. The van der Waals surface area contributed by atoms with Gasteiger partial charge in [-0.3, -0.25) is 14.1 Å². The molecule has 0 fully saturated rings. The molecule has 2 atom stereocenters. The number of aryl methyl sites for hydroxylation is 1. The Balaban J connectivity index is 1.85. The van der Waals surface area contributed by atoms with Gasteiger partial charge in [0.2, 0.25) is 5.96 Å². The zero-order valence-corrected chi connectivity index (χ0v) is 18.8. The zero-order chi connectivity index (χ0) is 22.8. The van der Waals surface area contributed by atoms with E-state index in [0.29, 0.717) is 5.69 Å². The fourth-order valence-corrected chi connectivity index (χ4v) is 5.17. The largest absolute Gasteiger partial charge is 0.369 e. The van der Waals surface area contributed by atoms with Gasteiger partial charge < -0.3 is 11.1 Å². The van der Waals surface area contributed by atoms with E-state index in [4.69, 9.17) is 5.73 Å². The Kier molecular flexibility index (Phi) is 6.35. The molecule has 3 rings (SSSR count). The van der Waals surface area contributed by atoms with Crippen LogP contribution in [0, 0.1) is 5.82 Å². The molecule has 1 aromatic heterocycles. The van der Waals surface area contributed by atoms with Crippen molar-refractivity contribution in [1.82, 2.24) is 9.29 Å². The Morgan fingerprint density at radius 2 is 2.13 bits per heavy atom. The average molecular weight is 446 g/mol. The minimum atomic E-state index is -2.76. The molecule has 9 heteroatoms. The van der Waals surface area contributed by atoms with Crippen LogP contribution < -0.4 is 11.1 Å². The lowest BCUT2D eigenvalue weighted by molar-refractivity contribution is 0.102. The monoisotopic (exact) mass is 445 g/mol. The fourth-order valence-electron chi connectivity index (χ4n) is 3.50. The van der Waals surface area contributed by atoms with Crippen LogP contribution in [0.1, 0.15) is 48.3 Å². The average Bonchev–Trinajstić information content (AvgIpc) is 2.71. The second-order valence-electron chi connectivity index (χ2n) is 7.96. The highest BCUT2D eigenvalue weighted by atomic mass is 32.2. The maximum absolute atomic E-state index is 14.7. The molecular weight excluding hydrogens is 417 g/mol. The molecular formula is C22H28FN5O2S. The minimum Gasteiger partial charge on any atom is -0.369 e. The summed E-state index contributed by atoms with van der Waals surface area (Å²) >= 11 is 0. The van der Waals surface area contributed by atoms with Gasteiger partial charge in [0, 0.05) is 24.5 Å². The topological polar surface area (TPSA) is 101 Å². The molecule has 0 saturated carbocycles. The van der Waals surface area contributed by atoms with E-state index in [-0.39, 0.29) is 23.0 Å². The first-order chi connectivity index (χ1) is 14.6. The van der Waals surface area contributed by atoms with E-state index in [2.05, 4.69) is 28.1 Å². The number of guanidine groups is 1. The number of rotatable bonds is 6. The molecule has 1 amide bonds. The van der Waals surface area contributed by atoms with Gasteiger partial charge in [-0.2, -0.15) is 0 Å². The second kappa shape index (κ2) is 8.66. The summed E-state index contributed by atoms with van der Waals surface area (Å²) in [5.41, 5.74) is 6.63. The van der Waals surface area contributed by atoms with Crippen LogP contribution in [0.25, 0.3) is 0 Å². The molecule has 0 saturated heterocycles. The molecule has 1 aliphatic rings. The quantitative estimate of drug-likeness (QED) is 0.668. The van der Waals surface area contributed by atoms with Gasteiger partial charge in [0.05, 0.1) is 15.5 Å². The van der Waals surface area contributed by atoms with E-state index in [1.165, 1.54) is 22.5 Å². The first-order valence-electron chi connectivity index (χ1n) is 10.1. The van der Waals surface area contributed by atoms with Gasteiger partial charge >= 0.3 is 0 Å². The Morgan fingerprint density at radius 3 is 2.74 bits per heavy atom. The molecule has 2 heterocycles. The number of nitrogens with zero attached hydrogens (tertiary/aromatic N) is 3. The smallest absolute Gasteiger partial charge is 0.274 e. The summed E-state index contributed by atoms with van der Waals surface area (Å²) < 4.78 is 28.9. The molecule has 2 aromatic rings. The van der Waals surface area contributed by atoms with Crippen LogP contribution in [0.15, 0.2) is 41.5 Å². The van der Waals surface area contributed by atoms with Gasteiger partial charge in [0.1, 0.15) is 17.1 Å². The van der Waals surface area contributed by atoms with Gasteiger partial charge in [0.15, 0.2) is 0 Å². The number of pyridine rings is 1. The molecule has 7 nitrogen and oxygen atoms in total. The number of hydrogen-bond donors (Lipinski definition) is 2. The molecule has 31 heavy (non-hydrogen) atoms. The third kappa shape index (κ3) is 4.87. The van der Waals surface area contributed by atoms with E-state index in [9.17, 15) is 13.4 Å². The Bertz CT molecular complexity index is 1120. The fraction of sp³-hybridized carbons (Fsp3) is 0.364. The highest BCUT2D eigenvalue weighted by molar-refractivity contribution is 7.98. The van der Waals surface area contributed by atoms with E-state index in [1.54, 1.807) is 26.2 Å². The predicted molar refractivity (Wildman–Crippen MR) is 124 cm³/mol. The normalized spacial score (nSPS) is 23.4. The van der Waals surface area contributed by atoms with Crippen LogP contribution in [-0.2, 0) is 21.7 Å². The number of aromatic nitrogens is 1. The summed E-state index contributed by atoms with van der Waals surface area (Å²) in [4.78, 5) is 21.2. The predicted octanol–water partition coefficient (Wildman–Crippen LogP) is 2.92. The summed E-state index contributed by atoms with van der Waals surface area (Å²) in [5, 5.41) is 2.74. The lowest BCUT2D eigenvalue weighted by Crippen LogP contribution is -2.50. The first kappa shape index (κ1) is 22.7. The molecule has 0 spiro atoms. The zero-order valence-electron chi connectivity index (χ0n) is 18.0. The van der Waals surface area contributed by atoms with Crippen molar-refractivity contribution in [3.05, 3.63) is 59.2 Å². The number of anilines is 1. The number of nitrogens with one attached hydrogen (secondary N) is 1. The van der Waals surface area contributed by atoms with Gasteiger partial charge in [-0.05, 0) is 55.5 Å². The van der Waals surface area contributed by atoms with Crippen molar-refractivity contribution in [2.75, 3.05) is 18.1 Å². The number of unbranched alkanes of at least 4 members (excludes halogenated alkanes) is 1. The van der Waals surface area contributed by atoms with E-state index in [0.717, 1.165) is 24.8 Å². The number of carbonyl (C=O) groups is 1. The number of halogens is 1. The maximum atomic E-state index is 14.7. The molecule has 1 aromatic carbocycles. The number of carbonyl (C=O) groups excluding carboxylic acids is 1. The lowest BCUT2D eigenvalue weighted by atomic mass is 9.93. The van der Waals surface area contributed by atoms with E-state index < -0.39 is 27.0 Å². The van der Waals surface area contributed by atoms with Crippen LogP contribution in [0.5, 0.6) is 0 Å². The first-order valence-corrected chi connectivity index (χ1v) is 11.9. The van der Waals surface area contributed by atoms with Gasteiger partial charge in [-0.25, -0.2) is 13.6 Å². The van der Waals surface area contributed by atoms with Crippen molar-refractivity contribution in [2.24, 2.45) is 10.7 Å². The number of aliphatic imine (C=N–C) groups is 1. The number of hydrogen-bond acceptors (Lipinski definition) is 5. The highest BCUT2D eigenvalue weighted by Gasteiger charge is 2.38. The van der Waals surface area contributed by atoms with Crippen LogP contribution in [-0.4, -0.2) is 44.0 Å². The van der Waals surface area contributed by atoms with Gasteiger partial charge in [-0.15, -0.1) is 0 Å². The minimum absolute atomic E-state index is 0.00764. The molecule has 3 N–H and O–H groups in total. The summed E-state index contributed by atoms with van der Waals surface area (Å²) in [6.07, 6.45) is 4.76. The lowest BCUT2D eigenvalue weighted by Gasteiger charge is -2.37. The van der Waals surface area contributed by atoms with E-state index >= 15 is 0 Å². The third-order valence-corrected chi connectivity index (χ3v) is 7.57. The summed E-state index contributed by atoms with van der Waals surface area (Å²) in [6.45, 7) is 3.77. The molecule has 1 unspecified atom stereocenters. The number of nitrogens with two attached hydrogens (primary N) is 1. The van der Waals surface area contributed by atoms with Crippen LogP contribution in [0.4, 0.5) is 10.1 Å². The maximum Gasteiger partial charge on any atom is 0.274 e. The summed E-state index contributed by atoms with van der Waals surface area (Å²) in [7, 11) is -1.22. The number of benzene rings is 1. The summed E-state index contributed by atoms with van der Waals surface area (Å²) in [5.74, 6) is 2.82. The van der Waals surface area contributed by atoms with Gasteiger partial charge in [-0.1, -0.05) is 19.4 Å². The van der Waals surface area contributed by atoms with Crippen LogP contribution in [0.3, 0.4) is 0 Å². The SMILES string of the molecule is C=S1(=O)C[C@@](C)(c2cc(NC(=O)c3ccc(CCCC)cn3)ccc2F)N=C(N)N1C. The van der Waals surface area contributed by atoms with Gasteiger partial charge in [0.25, 0.3) is 5.91 Å². The van der Waals surface area contributed by atoms with Crippen LogP contribution in [0.2, 0.25) is 0 Å². The molecule has 0 bridgehead atoms. The molecule has 0 radical (unpaired) electrons. The highest BCUT2D eigenvalue weighted by Crippen LogP contribution is 2.34. The van der Waals surface area contributed by atoms with Crippen molar-refractivity contribution < 1.29 is 13.4 Å². The Hall–Kier alpha value is -2.94.